The monoisotopic (exact) mass is 362 g/mol. The van der Waals surface area contributed by atoms with Crippen LogP contribution in [0.2, 0.25) is 0 Å². The number of carbonyl (C=O) groups is 1. The number of rotatable bonds is 5. The van der Waals surface area contributed by atoms with Gasteiger partial charge in [0.15, 0.2) is 0 Å². The van der Waals surface area contributed by atoms with Crippen LogP contribution >= 0.6 is 31.9 Å². The molecule has 1 aromatic carbocycles. The van der Waals surface area contributed by atoms with Gasteiger partial charge in [0.05, 0.1) is 0 Å². The zero-order valence-corrected chi connectivity index (χ0v) is 13.1. The Morgan fingerprint density at radius 1 is 1.35 bits per heavy atom. The summed E-state index contributed by atoms with van der Waals surface area (Å²) in [6.45, 7) is 4.53. The lowest BCUT2D eigenvalue weighted by atomic mass is 10.3. The van der Waals surface area contributed by atoms with Gasteiger partial charge in [-0.2, -0.15) is 0 Å². The van der Waals surface area contributed by atoms with Gasteiger partial charge in [-0.15, -0.1) is 0 Å². The smallest absolute Gasteiger partial charge is 0.221 e. The van der Waals surface area contributed by atoms with Gasteiger partial charge < -0.3 is 10.6 Å². The van der Waals surface area contributed by atoms with Crippen molar-refractivity contribution < 1.29 is 4.79 Å². The summed E-state index contributed by atoms with van der Waals surface area (Å²) < 4.78 is 2.00. The molecule has 3 nitrogen and oxygen atoms in total. The molecule has 1 rings (SSSR count). The molecule has 5 heteroatoms. The lowest BCUT2D eigenvalue weighted by molar-refractivity contribution is -0.121. The molecule has 0 radical (unpaired) electrons. The highest BCUT2D eigenvalue weighted by Gasteiger charge is 2.04. The second kappa shape index (κ2) is 7.01. The van der Waals surface area contributed by atoms with Crippen LogP contribution in [0.4, 0.5) is 5.69 Å². The van der Waals surface area contributed by atoms with Gasteiger partial charge in [-0.25, -0.2) is 0 Å². The summed E-state index contributed by atoms with van der Waals surface area (Å²) in [6, 6.07) is 6.09. The Hall–Kier alpha value is -0.550. The summed E-state index contributed by atoms with van der Waals surface area (Å²) in [5, 5.41) is 6.08. The van der Waals surface area contributed by atoms with Gasteiger partial charge in [0.2, 0.25) is 5.91 Å². The minimum absolute atomic E-state index is 0.0682. The van der Waals surface area contributed by atoms with Crippen molar-refractivity contribution in [1.29, 1.82) is 0 Å². The lowest BCUT2D eigenvalue weighted by Crippen LogP contribution is -2.31. The molecule has 1 aromatic rings. The molecule has 0 atom stereocenters. The highest BCUT2D eigenvalue weighted by Crippen LogP contribution is 2.25. The Kier molecular flexibility index (Phi) is 5.98. The fraction of sp³-hybridized carbons (Fsp3) is 0.417. The van der Waals surface area contributed by atoms with E-state index < -0.39 is 0 Å². The Balaban J connectivity index is 2.40. The van der Waals surface area contributed by atoms with Crippen LogP contribution in [-0.4, -0.2) is 18.5 Å². The second-order valence-corrected chi connectivity index (χ2v) is 5.79. The molecule has 94 valence electrons. The van der Waals surface area contributed by atoms with Gasteiger partial charge in [-0.3, -0.25) is 4.79 Å². The van der Waals surface area contributed by atoms with Crippen molar-refractivity contribution in [2.45, 2.75) is 26.3 Å². The summed E-state index contributed by atoms with van der Waals surface area (Å²) in [4.78, 5) is 11.4. The Morgan fingerprint density at radius 2 is 2.06 bits per heavy atom. The van der Waals surface area contributed by atoms with Crippen molar-refractivity contribution in [2.75, 3.05) is 11.9 Å². The third-order valence-corrected chi connectivity index (χ3v) is 3.23. The summed E-state index contributed by atoms with van der Waals surface area (Å²) in [5.74, 6) is 0.0682. The minimum atomic E-state index is 0.0682. The third-order valence-electron chi connectivity index (χ3n) is 2.05. The molecule has 0 aliphatic heterocycles. The van der Waals surface area contributed by atoms with Gasteiger partial charge in [0.1, 0.15) is 0 Å². The summed E-state index contributed by atoms with van der Waals surface area (Å²) in [6.07, 6.45) is 0.469. The molecule has 0 bridgehead atoms. The number of anilines is 1. The SMILES string of the molecule is CC(C)NC(=O)CCNc1cc(Br)ccc1Br. The maximum atomic E-state index is 11.4. The standard InChI is InChI=1S/C12H16Br2N2O/c1-8(2)16-12(17)5-6-15-11-7-9(13)3-4-10(11)14/h3-4,7-8,15H,5-6H2,1-2H3,(H,16,17). The van der Waals surface area contributed by atoms with Gasteiger partial charge in [-0.05, 0) is 48.0 Å². The molecule has 0 saturated carbocycles. The molecule has 17 heavy (non-hydrogen) atoms. The number of amides is 1. The molecule has 0 fully saturated rings. The van der Waals surface area contributed by atoms with E-state index in [1.165, 1.54) is 0 Å². The maximum Gasteiger partial charge on any atom is 0.221 e. The zero-order chi connectivity index (χ0) is 12.8. The van der Waals surface area contributed by atoms with E-state index >= 15 is 0 Å². The van der Waals surface area contributed by atoms with Gasteiger partial charge in [-0.1, -0.05) is 15.9 Å². The van der Waals surface area contributed by atoms with Gasteiger partial charge >= 0.3 is 0 Å². The number of halogens is 2. The molecular formula is C12H16Br2N2O. The Labute approximate surface area is 119 Å². The molecule has 1 amide bonds. The maximum absolute atomic E-state index is 11.4. The highest BCUT2D eigenvalue weighted by atomic mass is 79.9. The minimum Gasteiger partial charge on any atom is -0.384 e. The van der Waals surface area contributed by atoms with Crippen LogP contribution in [0.3, 0.4) is 0 Å². The van der Waals surface area contributed by atoms with Crippen molar-refractivity contribution in [1.82, 2.24) is 5.32 Å². The van der Waals surface area contributed by atoms with E-state index in [-0.39, 0.29) is 11.9 Å². The summed E-state index contributed by atoms with van der Waals surface area (Å²) in [7, 11) is 0. The van der Waals surface area contributed by atoms with E-state index in [0.717, 1.165) is 14.6 Å². The molecular weight excluding hydrogens is 348 g/mol. The average molecular weight is 364 g/mol. The molecule has 0 unspecified atom stereocenters. The highest BCUT2D eigenvalue weighted by molar-refractivity contribution is 9.11. The molecule has 0 heterocycles. The Bertz CT molecular complexity index is 394. The quantitative estimate of drug-likeness (QED) is 0.840. The van der Waals surface area contributed by atoms with Crippen molar-refractivity contribution >= 4 is 43.5 Å². The van der Waals surface area contributed by atoms with Crippen LogP contribution in [0.25, 0.3) is 0 Å². The van der Waals surface area contributed by atoms with E-state index in [4.69, 9.17) is 0 Å². The van der Waals surface area contributed by atoms with Crippen LogP contribution in [0.1, 0.15) is 20.3 Å². The Morgan fingerprint density at radius 3 is 2.71 bits per heavy atom. The van der Waals surface area contributed by atoms with E-state index in [0.29, 0.717) is 13.0 Å². The van der Waals surface area contributed by atoms with Gasteiger partial charge in [0, 0.05) is 33.6 Å². The van der Waals surface area contributed by atoms with Crippen LogP contribution in [-0.2, 0) is 4.79 Å². The fourth-order valence-corrected chi connectivity index (χ4v) is 2.09. The molecule has 0 aromatic heterocycles. The molecule has 0 aliphatic rings. The van der Waals surface area contributed by atoms with Crippen LogP contribution in [0, 0.1) is 0 Å². The van der Waals surface area contributed by atoms with E-state index in [9.17, 15) is 4.79 Å². The average Bonchev–Trinajstić information content (AvgIpc) is 2.22. The number of hydrogen-bond acceptors (Lipinski definition) is 2. The zero-order valence-electron chi connectivity index (χ0n) is 9.89. The van der Waals surface area contributed by atoms with Crippen molar-refractivity contribution in [3.05, 3.63) is 27.1 Å². The predicted octanol–water partition coefficient (Wildman–Crippen LogP) is 3.54. The van der Waals surface area contributed by atoms with Crippen molar-refractivity contribution in [3.63, 3.8) is 0 Å². The normalized spacial score (nSPS) is 10.4. The first-order valence-corrected chi connectivity index (χ1v) is 7.06. The van der Waals surface area contributed by atoms with Crippen molar-refractivity contribution in [2.24, 2.45) is 0 Å². The number of hydrogen-bond donors (Lipinski definition) is 2. The predicted molar refractivity (Wildman–Crippen MR) is 78.2 cm³/mol. The summed E-state index contributed by atoms with van der Waals surface area (Å²) in [5.41, 5.74) is 0.983. The van der Waals surface area contributed by atoms with Crippen molar-refractivity contribution in [3.8, 4) is 0 Å². The van der Waals surface area contributed by atoms with E-state index in [2.05, 4.69) is 42.5 Å². The third kappa shape index (κ3) is 5.55. The molecule has 0 saturated heterocycles. The first-order valence-electron chi connectivity index (χ1n) is 5.47. The van der Waals surface area contributed by atoms with Gasteiger partial charge in [0.25, 0.3) is 0 Å². The van der Waals surface area contributed by atoms with Crippen LogP contribution in [0.15, 0.2) is 27.1 Å². The van der Waals surface area contributed by atoms with Crippen LogP contribution < -0.4 is 10.6 Å². The first-order chi connectivity index (χ1) is 7.99. The fourth-order valence-electron chi connectivity index (χ4n) is 1.34. The second-order valence-electron chi connectivity index (χ2n) is 4.02. The topological polar surface area (TPSA) is 41.1 Å². The number of benzene rings is 1. The molecule has 0 spiro atoms. The summed E-state index contributed by atoms with van der Waals surface area (Å²) >= 11 is 6.86. The van der Waals surface area contributed by atoms with E-state index in [1.807, 2.05) is 32.0 Å². The largest absolute Gasteiger partial charge is 0.384 e. The number of nitrogens with one attached hydrogen (secondary N) is 2. The van der Waals surface area contributed by atoms with Crippen LogP contribution in [0.5, 0.6) is 0 Å². The molecule has 2 N–H and O–H groups in total. The number of carbonyl (C=O) groups excluding carboxylic acids is 1. The lowest BCUT2D eigenvalue weighted by Gasteiger charge is -2.11. The first kappa shape index (κ1) is 14.5. The molecule has 0 aliphatic carbocycles. The van der Waals surface area contributed by atoms with E-state index in [1.54, 1.807) is 0 Å².